The molecule has 0 bridgehead atoms. The molecule has 0 amide bonds. The molecule has 4 nitrogen and oxygen atoms in total. The Balaban J connectivity index is 2.35. The highest BCUT2D eigenvalue weighted by Gasteiger charge is 2.41. The van der Waals surface area contributed by atoms with Gasteiger partial charge >= 0.3 is 8.80 Å². The zero-order chi connectivity index (χ0) is 10.6. The van der Waals surface area contributed by atoms with Crippen molar-refractivity contribution in [3.05, 3.63) is 0 Å². The normalized spacial score (nSPS) is 19.7. The van der Waals surface area contributed by atoms with Crippen LogP contribution in [-0.2, 0) is 18.0 Å². The van der Waals surface area contributed by atoms with Crippen molar-refractivity contribution in [2.75, 3.05) is 21.3 Å². The smallest absolute Gasteiger partial charge is 0.377 e. The van der Waals surface area contributed by atoms with Crippen LogP contribution in [0.25, 0.3) is 0 Å². The van der Waals surface area contributed by atoms with Crippen molar-refractivity contribution < 1.29 is 18.0 Å². The van der Waals surface area contributed by atoms with Crippen LogP contribution < -0.4 is 0 Å². The summed E-state index contributed by atoms with van der Waals surface area (Å²) >= 11 is 0. The van der Waals surface area contributed by atoms with E-state index in [0.29, 0.717) is 12.1 Å². The molecule has 1 saturated carbocycles. The van der Waals surface area contributed by atoms with Crippen LogP contribution in [-0.4, -0.2) is 42.3 Å². The lowest BCUT2D eigenvalue weighted by molar-refractivity contribution is 0.0416. The van der Waals surface area contributed by atoms with Crippen LogP contribution in [0.1, 0.15) is 19.8 Å². The third-order valence-electron chi connectivity index (χ3n) is 2.42. The van der Waals surface area contributed by atoms with Gasteiger partial charge in [-0.15, -0.1) is 0 Å². The van der Waals surface area contributed by atoms with Crippen molar-refractivity contribution in [1.82, 2.24) is 0 Å². The predicted octanol–water partition coefficient (Wildman–Crippen LogP) is 1.43. The second-order valence-corrected chi connectivity index (χ2v) is 6.64. The van der Waals surface area contributed by atoms with Crippen LogP contribution in [0.2, 0.25) is 6.04 Å². The lowest BCUT2D eigenvalue weighted by Gasteiger charge is -2.27. The number of hydrogen-bond donors (Lipinski definition) is 0. The summed E-state index contributed by atoms with van der Waals surface area (Å²) in [6.07, 6.45) is 2.98. The van der Waals surface area contributed by atoms with Gasteiger partial charge < -0.3 is 18.0 Å². The van der Waals surface area contributed by atoms with Crippen LogP contribution >= 0.6 is 0 Å². The van der Waals surface area contributed by atoms with Crippen molar-refractivity contribution >= 4 is 8.80 Å². The van der Waals surface area contributed by atoms with Gasteiger partial charge in [0.05, 0.1) is 12.2 Å². The van der Waals surface area contributed by atoms with Crippen LogP contribution in [0.15, 0.2) is 0 Å². The van der Waals surface area contributed by atoms with E-state index in [-0.39, 0.29) is 6.10 Å². The fourth-order valence-corrected chi connectivity index (χ4v) is 3.23. The summed E-state index contributed by atoms with van der Waals surface area (Å²) in [5, 5.41) is 0. The highest BCUT2D eigenvalue weighted by molar-refractivity contribution is 6.60. The van der Waals surface area contributed by atoms with Gasteiger partial charge in [-0.2, -0.15) is 0 Å². The molecule has 0 aromatic carbocycles. The Morgan fingerprint density at radius 1 is 1.14 bits per heavy atom. The van der Waals surface area contributed by atoms with E-state index in [1.165, 1.54) is 12.8 Å². The fourth-order valence-electron chi connectivity index (χ4n) is 1.43. The molecule has 0 aromatic heterocycles. The molecular formula is C9H20O4Si. The minimum Gasteiger partial charge on any atom is -0.377 e. The van der Waals surface area contributed by atoms with E-state index < -0.39 is 8.80 Å². The van der Waals surface area contributed by atoms with Crippen LogP contribution in [0.4, 0.5) is 0 Å². The Labute approximate surface area is 86.9 Å². The quantitative estimate of drug-likeness (QED) is 0.608. The Morgan fingerprint density at radius 3 is 2.00 bits per heavy atom. The number of rotatable bonds is 7. The van der Waals surface area contributed by atoms with Gasteiger partial charge in [0.1, 0.15) is 0 Å². The van der Waals surface area contributed by atoms with E-state index in [4.69, 9.17) is 18.0 Å². The second kappa shape index (κ2) is 5.23. The molecule has 14 heavy (non-hydrogen) atoms. The first-order valence-corrected chi connectivity index (χ1v) is 6.90. The highest BCUT2D eigenvalue weighted by atomic mass is 28.4. The molecule has 0 N–H and O–H groups in total. The summed E-state index contributed by atoms with van der Waals surface area (Å²) in [6, 6.07) is 0.715. The van der Waals surface area contributed by atoms with Crippen LogP contribution in [0.3, 0.4) is 0 Å². The third kappa shape index (κ3) is 3.32. The zero-order valence-corrected chi connectivity index (χ0v) is 10.4. The Kier molecular flexibility index (Phi) is 4.53. The van der Waals surface area contributed by atoms with Crippen LogP contribution in [0, 0.1) is 0 Å². The molecule has 0 spiro atoms. The Bertz CT molecular complexity index is 160. The lowest BCUT2D eigenvalue weighted by atomic mass is 10.5. The number of hydrogen-bond acceptors (Lipinski definition) is 4. The molecule has 1 fully saturated rings. The Hall–Kier alpha value is 0.0569. The Morgan fingerprint density at radius 2 is 1.64 bits per heavy atom. The summed E-state index contributed by atoms with van der Waals surface area (Å²) in [5.74, 6) is 0. The summed E-state index contributed by atoms with van der Waals surface area (Å²) in [5.41, 5.74) is 0. The summed E-state index contributed by atoms with van der Waals surface area (Å²) in [6.45, 7) is 2.04. The van der Waals surface area contributed by atoms with Crippen molar-refractivity contribution in [3.8, 4) is 0 Å². The summed E-state index contributed by atoms with van der Waals surface area (Å²) < 4.78 is 21.7. The summed E-state index contributed by atoms with van der Waals surface area (Å²) in [7, 11) is 2.44. The molecule has 1 unspecified atom stereocenters. The molecule has 84 valence electrons. The molecule has 5 heteroatoms. The molecule has 0 aliphatic heterocycles. The van der Waals surface area contributed by atoms with Crippen molar-refractivity contribution in [2.24, 2.45) is 0 Å². The van der Waals surface area contributed by atoms with E-state index in [1.807, 2.05) is 6.92 Å². The summed E-state index contributed by atoms with van der Waals surface area (Å²) in [4.78, 5) is 0. The van der Waals surface area contributed by atoms with Crippen molar-refractivity contribution in [3.63, 3.8) is 0 Å². The van der Waals surface area contributed by atoms with Gasteiger partial charge in [-0.25, -0.2) is 0 Å². The average molecular weight is 220 g/mol. The molecule has 0 radical (unpaired) electrons. The van der Waals surface area contributed by atoms with E-state index in [2.05, 4.69) is 0 Å². The average Bonchev–Trinajstić information content (AvgIpc) is 2.98. The standard InChI is InChI=1S/C9H20O4Si/c1-8(13-9-5-6-9)7-14(10-2,11-3)12-4/h8-9H,5-7H2,1-4H3. The van der Waals surface area contributed by atoms with Crippen LogP contribution in [0.5, 0.6) is 0 Å². The molecule has 0 saturated heterocycles. The minimum atomic E-state index is -2.44. The van der Waals surface area contributed by atoms with Gasteiger partial charge in [-0.3, -0.25) is 0 Å². The van der Waals surface area contributed by atoms with E-state index in [9.17, 15) is 0 Å². The molecule has 0 heterocycles. The van der Waals surface area contributed by atoms with E-state index in [1.54, 1.807) is 21.3 Å². The second-order valence-electron chi connectivity index (χ2n) is 3.65. The highest BCUT2D eigenvalue weighted by Crippen LogP contribution is 2.27. The minimum absolute atomic E-state index is 0.147. The molecule has 1 atom stereocenters. The van der Waals surface area contributed by atoms with Gasteiger partial charge in [-0.05, 0) is 19.8 Å². The van der Waals surface area contributed by atoms with Gasteiger partial charge in [0, 0.05) is 27.4 Å². The monoisotopic (exact) mass is 220 g/mol. The first-order valence-electron chi connectivity index (χ1n) is 4.96. The topological polar surface area (TPSA) is 36.9 Å². The zero-order valence-electron chi connectivity index (χ0n) is 9.41. The third-order valence-corrected chi connectivity index (χ3v) is 5.36. The first kappa shape index (κ1) is 12.1. The maximum atomic E-state index is 5.72. The number of ether oxygens (including phenoxy) is 1. The molecular weight excluding hydrogens is 200 g/mol. The first-order chi connectivity index (χ1) is 6.65. The predicted molar refractivity (Wildman–Crippen MR) is 55.2 cm³/mol. The molecule has 0 aromatic rings. The maximum absolute atomic E-state index is 5.72. The molecule has 1 rings (SSSR count). The van der Waals surface area contributed by atoms with Gasteiger partial charge in [0.2, 0.25) is 0 Å². The molecule has 1 aliphatic carbocycles. The van der Waals surface area contributed by atoms with Gasteiger partial charge in [0.15, 0.2) is 0 Å². The maximum Gasteiger partial charge on any atom is 0.502 e. The van der Waals surface area contributed by atoms with Gasteiger partial charge in [-0.1, -0.05) is 0 Å². The SMILES string of the molecule is CO[Si](CC(C)OC1CC1)(OC)OC. The van der Waals surface area contributed by atoms with Crippen molar-refractivity contribution in [1.29, 1.82) is 0 Å². The lowest BCUT2D eigenvalue weighted by Crippen LogP contribution is -2.45. The largest absolute Gasteiger partial charge is 0.502 e. The van der Waals surface area contributed by atoms with Gasteiger partial charge in [0.25, 0.3) is 0 Å². The van der Waals surface area contributed by atoms with Crippen molar-refractivity contribution in [2.45, 2.75) is 38.0 Å². The van der Waals surface area contributed by atoms with E-state index in [0.717, 1.165) is 0 Å². The van der Waals surface area contributed by atoms with E-state index >= 15 is 0 Å². The molecule has 1 aliphatic rings. The fraction of sp³-hybridized carbons (Fsp3) is 1.00.